The van der Waals surface area contributed by atoms with E-state index in [2.05, 4.69) is 49.5 Å². The van der Waals surface area contributed by atoms with Crippen molar-refractivity contribution in [3.05, 3.63) is 35.9 Å². The van der Waals surface area contributed by atoms with Gasteiger partial charge >= 0.3 is 0 Å². The summed E-state index contributed by atoms with van der Waals surface area (Å²) in [4.78, 5) is 0. The van der Waals surface area contributed by atoms with E-state index in [0.29, 0.717) is 6.04 Å². The topological polar surface area (TPSA) is 12.0 Å². The Hall–Kier alpha value is -0.820. The van der Waals surface area contributed by atoms with Crippen LogP contribution in [0.2, 0.25) is 0 Å². The summed E-state index contributed by atoms with van der Waals surface area (Å²) in [6.45, 7) is 4.56. The fraction of sp³-hybridized carbons (Fsp3) is 0.538. The van der Waals surface area contributed by atoms with Gasteiger partial charge < -0.3 is 5.32 Å². The number of hydrogen-bond acceptors (Lipinski definition) is 1. The molecule has 1 N–H and O–H groups in total. The molecular weight excluding hydrogens is 170 g/mol. The van der Waals surface area contributed by atoms with Crippen molar-refractivity contribution in [1.29, 1.82) is 0 Å². The lowest BCUT2D eigenvalue weighted by atomic mass is 10.0. The summed E-state index contributed by atoms with van der Waals surface area (Å²) in [5.41, 5.74) is 1.43. The molecule has 2 rings (SSSR count). The number of benzene rings is 1. The first kappa shape index (κ1) is 9.72. The van der Waals surface area contributed by atoms with Crippen LogP contribution in [-0.4, -0.2) is 6.04 Å². The van der Waals surface area contributed by atoms with E-state index in [1.807, 2.05) is 0 Å². The summed E-state index contributed by atoms with van der Waals surface area (Å²) in [5.74, 6) is 0.882. The molecule has 76 valence electrons. The molecule has 14 heavy (non-hydrogen) atoms. The Morgan fingerprint density at radius 2 is 2.00 bits per heavy atom. The summed E-state index contributed by atoms with van der Waals surface area (Å²) in [7, 11) is 0. The highest BCUT2D eigenvalue weighted by Crippen LogP contribution is 2.32. The molecule has 1 aromatic carbocycles. The van der Waals surface area contributed by atoms with Crippen LogP contribution in [0.4, 0.5) is 0 Å². The SMILES string of the molecule is CCC(NC1CC1C)c1ccccc1. The van der Waals surface area contributed by atoms with Gasteiger partial charge in [-0.25, -0.2) is 0 Å². The second-order valence-electron chi connectivity index (χ2n) is 4.36. The summed E-state index contributed by atoms with van der Waals surface area (Å²) in [6, 6.07) is 12.1. The van der Waals surface area contributed by atoms with E-state index < -0.39 is 0 Å². The molecule has 0 aliphatic heterocycles. The van der Waals surface area contributed by atoms with Crippen LogP contribution in [0.25, 0.3) is 0 Å². The second-order valence-corrected chi connectivity index (χ2v) is 4.36. The third-order valence-corrected chi connectivity index (χ3v) is 3.13. The quantitative estimate of drug-likeness (QED) is 0.767. The van der Waals surface area contributed by atoms with E-state index in [1.54, 1.807) is 0 Å². The van der Waals surface area contributed by atoms with Crippen LogP contribution in [0.1, 0.15) is 38.3 Å². The monoisotopic (exact) mass is 189 g/mol. The van der Waals surface area contributed by atoms with Crippen molar-refractivity contribution < 1.29 is 0 Å². The van der Waals surface area contributed by atoms with Gasteiger partial charge in [0.1, 0.15) is 0 Å². The van der Waals surface area contributed by atoms with Crippen LogP contribution in [0.5, 0.6) is 0 Å². The molecule has 0 aromatic heterocycles. The smallest absolute Gasteiger partial charge is 0.0320 e. The first-order chi connectivity index (χ1) is 6.81. The highest BCUT2D eigenvalue weighted by atomic mass is 15.0. The van der Waals surface area contributed by atoms with Crippen LogP contribution in [0, 0.1) is 5.92 Å². The maximum Gasteiger partial charge on any atom is 0.0320 e. The van der Waals surface area contributed by atoms with Gasteiger partial charge in [0.05, 0.1) is 0 Å². The van der Waals surface area contributed by atoms with E-state index in [1.165, 1.54) is 18.4 Å². The summed E-state index contributed by atoms with van der Waals surface area (Å²) < 4.78 is 0. The molecule has 1 saturated carbocycles. The molecule has 1 aliphatic rings. The maximum atomic E-state index is 3.71. The molecule has 0 spiro atoms. The van der Waals surface area contributed by atoms with Crippen molar-refractivity contribution in [2.45, 2.75) is 38.8 Å². The molecule has 1 nitrogen and oxygen atoms in total. The highest BCUT2D eigenvalue weighted by Gasteiger charge is 2.33. The average molecular weight is 189 g/mol. The third-order valence-electron chi connectivity index (χ3n) is 3.13. The molecule has 0 heterocycles. The van der Waals surface area contributed by atoms with Crippen molar-refractivity contribution in [3.63, 3.8) is 0 Å². The number of rotatable bonds is 4. The van der Waals surface area contributed by atoms with Gasteiger partial charge in [-0.3, -0.25) is 0 Å². The van der Waals surface area contributed by atoms with Crippen molar-refractivity contribution in [3.8, 4) is 0 Å². The summed E-state index contributed by atoms with van der Waals surface area (Å²) in [5, 5.41) is 3.71. The van der Waals surface area contributed by atoms with Crippen LogP contribution in [0.15, 0.2) is 30.3 Å². The van der Waals surface area contributed by atoms with E-state index in [9.17, 15) is 0 Å². The minimum Gasteiger partial charge on any atom is -0.307 e. The molecule has 0 bridgehead atoms. The molecule has 3 unspecified atom stereocenters. The first-order valence-electron chi connectivity index (χ1n) is 5.62. The molecular formula is C13H19N. The molecule has 0 radical (unpaired) electrons. The Kier molecular flexibility index (Phi) is 2.87. The molecule has 3 atom stereocenters. The lowest BCUT2D eigenvalue weighted by Crippen LogP contribution is -2.23. The Bertz CT molecular complexity index is 281. The van der Waals surface area contributed by atoms with Crippen LogP contribution in [-0.2, 0) is 0 Å². The van der Waals surface area contributed by atoms with Crippen molar-refractivity contribution >= 4 is 0 Å². The maximum absolute atomic E-state index is 3.71. The zero-order chi connectivity index (χ0) is 9.97. The molecule has 1 aliphatic carbocycles. The van der Waals surface area contributed by atoms with Crippen molar-refractivity contribution in [2.24, 2.45) is 5.92 Å². The van der Waals surface area contributed by atoms with Gasteiger partial charge in [0.2, 0.25) is 0 Å². The van der Waals surface area contributed by atoms with Crippen LogP contribution >= 0.6 is 0 Å². The summed E-state index contributed by atoms with van der Waals surface area (Å²) in [6.07, 6.45) is 2.52. The van der Waals surface area contributed by atoms with E-state index in [4.69, 9.17) is 0 Å². The fourth-order valence-corrected chi connectivity index (χ4v) is 1.95. The van der Waals surface area contributed by atoms with Gasteiger partial charge in [-0.1, -0.05) is 44.2 Å². The van der Waals surface area contributed by atoms with E-state index in [-0.39, 0.29) is 0 Å². The third kappa shape index (κ3) is 2.16. The van der Waals surface area contributed by atoms with Gasteiger partial charge in [0, 0.05) is 12.1 Å². The zero-order valence-electron chi connectivity index (χ0n) is 9.03. The number of hydrogen-bond donors (Lipinski definition) is 1. The Labute approximate surface area is 86.5 Å². The lowest BCUT2D eigenvalue weighted by molar-refractivity contribution is 0.502. The van der Waals surface area contributed by atoms with Crippen LogP contribution in [0.3, 0.4) is 0 Å². The lowest BCUT2D eigenvalue weighted by Gasteiger charge is -2.17. The van der Waals surface area contributed by atoms with Crippen molar-refractivity contribution in [2.75, 3.05) is 0 Å². The first-order valence-corrected chi connectivity index (χ1v) is 5.62. The van der Waals surface area contributed by atoms with Gasteiger partial charge in [0.25, 0.3) is 0 Å². The Balaban J connectivity index is 1.99. The van der Waals surface area contributed by atoms with Gasteiger partial charge in [-0.05, 0) is 24.3 Å². The van der Waals surface area contributed by atoms with E-state index in [0.717, 1.165) is 12.0 Å². The van der Waals surface area contributed by atoms with Crippen molar-refractivity contribution in [1.82, 2.24) is 5.32 Å². The van der Waals surface area contributed by atoms with Crippen LogP contribution < -0.4 is 5.32 Å². The molecule has 0 amide bonds. The highest BCUT2D eigenvalue weighted by molar-refractivity contribution is 5.19. The Morgan fingerprint density at radius 1 is 1.36 bits per heavy atom. The minimum absolute atomic E-state index is 0.547. The number of nitrogens with one attached hydrogen (secondary N) is 1. The Morgan fingerprint density at radius 3 is 2.50 bits per heavy atom. The van der Waals surface area contributed by atoms with Gasteiger partial charge in [-0.2, -0.15) is 0 Å². The standard InChI is InChI=1S/C13H19N/c1-3-12(14-13-9-10(13)2)11-7-5-4-6-8-11/h4-8,10,12-14H,3,9H2,1-2H3. The molecule has 1 fully saturated rings. The fourth-order valence-electron chi connectivity index (χ4n) is 1.95. The van der Waals surface area contributed by atoms with E-state index >= 15 is 0 Å². The molecule has 1 heteroatoms. The predicted octanol–water partition coefficient (Wildman–Crippen LogP) is 3.14. The molecule has 0 saturated heterocycles. The summed E-state index contributed by atoms with van der Waals surface area (Å²) >= 11 is 0. The van der Waals surface area contributed by atoms with Gasteiger partial charge in [-0.15, -0.1) is 0 Å². The largest absolute Gasteiger partial charge is 0.307 e. The average Bonchev–Trinajstić information content (AvgIpc) is 2.92. The normalized spacial score (nSPS) is 27.3. The minimum atomic E-state index is 0.547. The second kappa shape index (κ2) is 4.14. The van der Waals surface area contributed by atoms with Gasteiger partial charge in [0.15, 0.2) is 0 Å². The predicted molar refractivity (Wildman–Crippen MR) is 60.2 cm³/mol. The molecule has 1 aromatic rings. The zero-order valence-corrected chi connectivity index (χ0v) is 9.03.